The molecule has 3 rings (SSSR count). The number of rotatable bonds is 4. The summed E-state index contributed by atoms with van der Waals surface area (Å²) < 4.78 is 27.6. The van der Waals surface area contributed by atoms with Crippen molar-refractivity contribution in [3.63, 3.8) is 0 Å². The molecule has 2 aliphatic rings. The molecule has 7 heteroatoms. The minimum atomic E-state index is -3.43. The average Bonchev–Trinajstić information content (AvgIpc) is 3.12. The number of likely N-dealkylation sites (tertiary alicyclic amines) is 1. The van der Waals surface area contributed by atoms with Gasteiger partial charge in [0.05, 0.1) is 11.4 Å². The second kappa shape index (κ2) is 7.24. The maximum atomic E-state index is 13.0. The van der Waals surface area contributed by atoms with E-state index in [4.69, 9.17) is 0 Å². The van der Waals surface area contributed by atoms with Gasteiger partial charge in [0.2, 0.25) is 10.0 Å². The van der Waals surface area contributed by atoms with E-state index < -0.39 is 10.0 Å². The average molecular weight is 383 g/mol. The summed E-state index contributed by atoms with van der Waals surface area (Å²) in [7, 11) is -3.43. The molecule has 0 bridgehead atoms. The van der Waals surface area contributed by atoms with Gasteiger partial charge < -0.3 is 4.90 Å². The summed E-state index contributed by atoms with van der Waals surface area (Å²) >= 11 is 0. The highest BCUT2D eigenvalue weighted by Crippen LogP contribution is 2.35. The minimum Gasteiger partial charge on any atom is -0.303 e. The lowest BCUT2D eigenvalue weighted by atomic mass is 9.84. The Kier molecular flexibility index (Phi) is 5.53. The molecule has 0 saturated carbocycles. The first-order valence-electron chi connectivity index (χ1n) is 9.82. The highest BCUT2D eigenvalue weighted by molar-refractivity contribution is 7.89. The third-order valence-corrected chi connectivity index (χ3v) is 7.99. The highest BCUT2D eigenvalue weighted by atomic mass is 32.2. The van der Waals surface area contributed by atoms with Gasteiger partial charge in [0.25, 0.3) is 0 Å². The molecule has 1 atom stereocenters. The molecule has 1 aromatic heterocycles. The van der Waals surface area contributed by atoms with Gasteiger partial charge in [-0.3, -0.25) is 5.10 Å². The Labute approximate surface area is 158 Å². The fourth-order valence-corrected chi connectivity index (χ4v) is 6.50. The Morgan fingerprint density at radius 3 is 2.23 bits per heavy atom. The van der Waals surface area contributed by atoms with Crippen molar-refractivity contribution >= 4 is 10.0 Å². The van der Waals surface area contributed by atoms with E-state index in [0.717, 1.165) is 25.3 Å². The van der Waals surface area contributed by atoms with Crippen LogP contribution in [-0.4, -0.2) is 60.5 Å². The molecule has 1 N–H and O–H groups in total. The number of sulfonamides is 1. The third kappa shape index (κ3) is 4.15. The molecule has 0 spiro atoms. The van der Waals surface area contributed by atoms with E-state index >= 15 is 0 Å². The van der Waals surface area contributed by atoms with E-state index in [9.17, 15) is 8.42 Å². The first-order chi connectivity index (χ1) is 12.1. The van der Waals surface area contributed by atoms with Crippen molar-refractivity contribution in [2.75, 3.05) is 32.7 Å². The van der Waals surface area contributed by atoms with Crippen LogP contribution in [0.15, 0.2) is 4.90 Å². The zero-order chi connectivity index (χ0) is 19.1. The van der Waals surface area contributed by atoms with Gasteiger partial charge in [-0.15, -0.1) is 0 Å². The van der Waals surface area contributed by atoms with E-state index in [-0.39, 0.29) is 0 Å². The summed E-state index contributed by atoms with van der Waals surface area (Å²) in [6.07, 6.45) is 3.21. The maximum absolute atomic E-state index is 13.0. The van der Waals surface area contributed by atoms with Crippen molar-refractivity contribution in [2.24, 2.45) is 17.3 Å². The quantitative estimate of drug-likeness (QED) is 0.869. The number of nitrogens with zero attached hydrogens (tertiary/aromatic N) is 3. The molecule has 2 saturated heterocycles. The second-order valence-electron chi connectivity index (χ2n) is 9.35. The lowest BCUT2D eigenvalue weighted by molar-refractivity contribution is 0.183. The number of hydrogen-bond donors (Lipinski definition) is 1. The first-order valence-corrected chi connectivity index (χ1v) is 11.3. The van der Waals surface area contributed by atoms with Gasteiger partial charge in [-0.1, -0.05) is 20.8 Å². The van der Waals surface area contributed by atoms with Crippen LogP contribution in [-0.2, 0) is 10.0 Å². The predicted molar refractivity (Wildman–Crippen MR) is 104 cm³/mol. The topological polar surface area (TPSA) is 69.3 Å². The van der Waals surface area contributed by atoms with Crippen LogP contribution in [0.5, 0.6) is 0 Å². The van der Waals surface area contributed by atoms with Crippen LogP contribution in [0.1, 0.15) is 51.4 Å². The molecule has 26 heavy (non-hydrogen) atoms. The van der Waals surface area contributed by atoms with E-state index in [2.05, 4.69) is 35.9 Å². The van der Waals surface area contributed by atoms with Gasteiger partial charge in [-0.05, 0) is 56.9 Å². The third-order valence-electron chi connectivity index (χ3n) is 5.83. The Balaban J connectivity index is 1.58. The molecule has 2 fully saturated rings. The number of aromatic nitrogens is 2. The number of aryl methyl sites for hydroxylation is 2. The first kappa shape index (κ1) is 19.8. The molecular weight excluding hydrogens is 348 g/mol. The molecule has 1 aromatic rings. The predicted octanol–water partition coefficient (Wildman–Crippen LogP) is 2.80. The number of piperidine rings is 1. The van der Waals surface area contributed by atoms with Crippen LogP contribution in [0.4, 0.5) is 0 Å². The fourth-order valence-electron chi connectivity index (χ4n) is 4.70. The largest absolute Gasteiger partial charge is 0.303 e. The van der Waals surface area contributed by atoms with Crippen molar-refractivity contribution in [3.05, 3.63) is 11.4 Å². The van der Waals surface area contributed by atoms with Crippen LogP contribution in [0.2, 0.25) is 0 Å². The highest BCUT2D eigenvalue weighted by Gasteiger charge is 2.37. The maximum Gasteiger partial charge on any atom is 0.246 e. The van der Waals surface area contributed by atoms with E-state index in [1.54, 1.807) is 18.2 Å². The fraction of sp³-hybridized carbons (Fsp3) is 0.842. The number of nitrogens with one attached hydrogen (secondary N) is 1. The second-order valence-corrected chi connectivity index (χ2v) is 11.2. The van der Waals surface area contributed by atoms with Crippen molar-refractivity contribution in [2.45, 2.75) is 58.8 Å². The van der Waals surface area contributed by atoms with Gasteiger partial charge in [0, 0.05) is 26.2 Å². The zero-order valence-electron chi connectivity index (χ0n) is 16.9. The summed E-state index contributed by atoms with van der Waals surface area (Å²) in [6.45, 7) is 15.2. The van der Waals surface area contributed by atoms with E-state index in [1.165, 1.54) is 19.5 Å². The van der Waals surface area contributed by atoms with Crippen LogP contribution in [0, 0.1) is 31.1 Å². The number of hydrogen-bond acceptors (Lipinski definition) is 4. The molecule has 0 aromatic carbocycles. The molecule has 1 unspecified atom stereocenters. The molecule has 2 aliphatic heterocycles. The minimum absolute atomic E-state index is 0.340. The summed E-state index contributed by atoms with van der Waals surface area (Å²) in [5.41, 5.74) is 1.54. The molecule has 148 valence electrons. The standard InChI is InChI=1S/C19H34N4O2S/c1-14-18(15(2)21-20-14)26(24,25)23-10-7-16(8-11-23)17-6-9-22(12-17)13-19(3,4)5/h16-17H,6-13H2,1-5H3,(H,20,21). The summed E-state index contributed by atoms with van der Waals surface area (Å²) in [5, 5.41) is 6.85. The summed E-state index contributed by atoms with van der Waals surface area (Å²) in [4.78, 5) is 2.96. The molecule has 0 aliphatic carbocycles. The summed E-state index contributed by atoms with van der Waals surface area (Å²) in [5.74, 6) is 1.37. The van der Waals surface area contributed by atoms with Gasteiger partial charge >= 0.3 is 0 Å². The summed E-state index contributed by atoms with van der Waals surface area (Å²) in [6, 6.07) is 0. The Morgan fingerprint density at radius 1 is 1.08 bits per heavy atom. The van der Waals surface area contributed by atoms with Gasteiger partial charge in [-0.25, -0.2) is 8.42 Å². The van der Waals surface area contributed by atoms with Crippen molar-refractivity contribution < 1.29 is 8.42 Å². The van der Waals surface area contributed by atoms with Crippen molar-refractivity contribution in [1.29, 1.82) is 0 Å². The zero-order valence-corrected chi connectivity index (χ0v) is 17.7. The van der Waals surface area contributed by atoms with E-state index in [0.29, 0.717) is 40.7 Å². The lowest BCUT2D eigenvalue weighted by Crippen LogP contribution is -2.41. The van der Waals surface area contributed by atoms with E-state index in [1.807, 2.05) is 0 Å². The van der Waals surface area contributed by atoms with Gasteiger partial charge in [-0.2, -0.15) is 9.40 Å². The smallest absolute Gasteiger partial charge is 0.246 e. The monoisotopic (exact) mass is 382 g/mol. The SMILES string of the molecule is Cc1n[nH]c(C)c1S(=O)(=O)N1CCC(C2CCN(CC(C)(C)C)C2)CC1. The molecule has 0 amide bonds. The van der Waals surface area contributed by atoms with Crippen molar-refractivity contribution in [3.8, 4) is 0 Å². The Morgan fingerprint density at radius 2 is 1.69 bits per heavy atom. The van der Waals surface area contributed by atoms with Crippen LogP contribution in [0.25, 0.3) is 0 Å². The Hall–Kier alpha value is -0.920. The van der Waals surface area contributed by atoms with Gasteiger partial charge in [0.15, 0.2) is 0 Å². The number of aromatic amines is 1. The van der Waals surface area contributed by atoms with Crippen LogP contribution < -0.4 is 0 Å². The normalized spacial score (nSPS) is 24.4. The molecule has 6 nitrogen and oxygen atoms in total. The number of H-pyrrole nitrogens is 1. The van der Waals surface area contributed by atoms with Gasteiger partial charge in [0.1, 0.15) is 4.90 Å². The Bertz CT molecular complexity index is 708. The van der Waals surface area contributed by atoms with Crippen LogP contribution >= 0.6 is 0 Å². The van der Waals surface area contributed by atoms with Crippen molar-refractivity contribution in [1.82, 2.24) is 19.4 Å². The molecule has 0 radical (unpaired) electrons. The molecular formula is C19H34N4O2S. The lowest BCUT2D eigenvalue weighted by Gasteiger charge is -2.34. The molecule has 3 heterocycles. The van der Waals surface area contributed by atoms with Crippen LogP contribution in [0.3, 0.4) is 0 Å².